The van der Waals surface area contributed by atoms with Crippen LogP contribution in [0.5, 0.6) is 0 Å². The number of hydrogen-bond acceptors (Lipinski definition) is 0. The van der Waals surface area contributed by atoms with Crippen molar-refractivity contribution in [3.63, 3.8) is 0 Å². The van der Waals surface area contributed by atoms with Crippen molar-refractivity contribution in [2.75, 3.05) is 0 Å². The van der Waals surface area contributed by atoms with Crippen molar-refractivity contribution >= 4 is 32.3 Å². The van der Waals surface area contributed by atoms with Gasteiger partial charge in [0.25, 0.3) is 0 Å². The molecule has 0 spiro atoms. The second-order valence-corrected chi connectivity index (χ2v) is 7.12. The van der Waals surface area contributed by atoms with Gasteiger partial charge < -0.3 is 0 Å². The first-order chi connectivity index (χ1) is 10.5. The third-order valence-corrected chi connectivity index (χ3v) is 4.91. The molecule has 110 valence electrons. The Kier molecular flexibility index (Phi) is 2.91. The molecule has 4 aromatic rings. The molecule has 0 fully saturated rings. The van der Waals surface area contributed by atoms with Gasteiger partial charge in [0.2, 0.25) is 0 Å². The molecule has 0 heteroatoms. The summed E-state index contributed by atoms with van der Waals surface area (Å²) in [4.78, 5) is 0. The maximum absolute atomic E-state index is 2.36. The maximum atomic E-state index is 2.36. The lowest BCUT2D eigenvalue weighted by Gasteiger charge is -2.16. The molecule has 0 aliphatic carbocycles. The summed E-state index contributed by atoms with van der Waals surface area (Å²) in [7, 11) is 0. The lowest BCUT2D eigenvalue weighted by Crippen LogP contribution is -1.92. The van der Waals surface area contributed by atoms with E-state index in [1.165, 1.54) is 43.4 Å². The molecule has 0 N–H and O–H groups in total. The number of hydrogen-bond donors (Lipinski definition) is 0. The van der Waals surface area contributed by atoms with Gasteiger partial charge in [0.1, 0.15) is 0 Å². The van der Waals surface area contributed by atoms with E-state index in [0.29, 0.717) is 11.8 Å². The molecular weight excluding hydrogens is 264 g/mol. The second kappa shape index (κ2) is 4.71. The Bertz CT molecular complexity index is 826. The van der Waals surface area contributed by atoms with Crippen molar-refractivity contribution in [2.24, 2.45) is 0 Å². The molecule has 0 saturated carbocycles. The monoisotopic (exact) mass is 286 g/mol. The minimum Gasteiger partial charge on any atom is -0.0587 e. The van der Waals surface area contributed by atoms with Crippen LogP contribution in [0.3, 0.4) is 0 Å². The number of rotatable bonds is 2. The van der Waals surface area contributed by atoms with Crippen LogP contribution in [0.2, 0.25) is 0 Å². The first kappa shape index (κ1) is 13.6. The van der Waals surface area contributed by atoms with Crippen LogP contribution < -0.4 is 0 Å². The Labute approximate surface area is 132 Å². The Balaban J connectivity index is 2.17. The van der Waals surface area contributed by atoms with Crippen LogP contribution in [0.15, 0.2) is 48.5 Å². The fourth-order valence-electron chi connectivity index (χ4n) is 3.55. The van der Waals surface area contributed by atoms with Gasteiger partial charge in [0.05, 0.1) is 0 Å². The Morgan fingerprint density at radius 3 is 1.00 bits per heavy atom. The molecule has 0 atom stereocenters. The van der Waals surface area contributed by atoms with Gasteiger partial charge in [-0.15, -0.1) is 0 Å². The van der Waals surface area contributed by atoms with Crippen LogP contribution in [0.1, 0.15) is 50.7 Å². The highest BCUT2D eigenvalue weighted by Gasteiger charge is 2.12. The first-order valence-corrected chi connectivity index (χ1v) is 8.27. The summed E-state index contributed by atoms with van der Waals surface area (Å²) in [5.41, 5.74) is 2.85. The van der Waals surface area contributed by atoms with Crippen LogP contribution in [-0.2, 0) is 0 Å². The van der Waals surface area contributed by atoms with Gasteiger partial charge in [0, 0.05) is 0 Å². The number of benzene rings is 4. The largest absolute Gasteiger partial charge is 0.0587 e. The molecule has 0 unspecified atom stereocenters. The van der Waals surface area contributed by atoms with Crippen molar-refractivity contribution < 1.29 is 0 Å². The minimum atomic E-state index is 0.564. The molecule has 4 aromatic carbocycles. The van der Waals surface area contributed by atoms with Crippen molar-refractivity contribution in [3.05, 3.63) is 59.7 Å². The Morgan fingerprint density at radius 2 is 0.773 bits per heavy atom. The summed E-state index contributed by atoms with van der Waals surface area (Å²) in [5, 5.41) is 8.34. The predicted octanol–water partition coefficient (Wildman–Crippen LogP) is 6.83. The van der Waals surface area contributed by atoms with Crippen LogP contribution >= 0.6 is 0 Å². The molecule has 4 rings (SSSR count). The van der Waals surface area contributed by atoms with Gasteiger partial charge in [-0.05, 0) is 55.3 Å². The van der Waals surface area contributed by atoms with E-state index in [1.54, 1.807) is 0 Å². The van der Waals surface area contributed by atoms with Gasteiger partial charge in [0.15, 0.2) is 0 Å². The van der Waals surface area contributed by atoms with Gasteiger partial charge in [-0.25, -0.2) is 0 Å². The average Bonchev–Trinajstić information content (AvgIpc) is 2.51. The van der Waals surface area contributed by atoms with E-state index in [4.69, 9.17) is 0 Å². The van der Waals surface area contributed by atoms with Crippen LogP contribution in [0.4, 0.5) is 0 Å². The fraction of sp³-hybridized carbons (Fsp3) is 0.273. The van der Waals surface area contributed by atoms with E-state index in [2.05, 4.69) is 76.2 Å². The molecule has 0 saturated heterocycles. The quantitative estimate of drug-likeness (QED) is 0.354. The highest BCUT2D eigenvalue weighted by atomic mass is 14.2. The summed E-state index contributed by atoms with van der Waals surface area (Å²) >= 11 is 0. The van der Waals surface area contributed by atoms with Crippen molar-refractivity contribution in [1.29, 1.82) is 0 Å². The zero-order valence-corrected chi connectivity index (χ0v) is 13.8. The smallest absolute Gasteiger partial charge is 0.00266 e. The van der Waals surface area contributed by atoms with E-state index < -0.39 is 0 Å². The lowest BCUT2D eigenvalue weighted by molar-refractivity contribution is 0.869. The van der Waals surface area contributed by atoms with E-state index in [1.807, 2.05) is 0 Å². The summed E-state index contributed by atoms with van der Waals surface area (Å²) in [5.74, 6) is 1.13. The summed E-state index contributed by atoms with van der Waals surface area (Å²) in [6.45, 7) is 9.06. The van der Waals surface area contributed by atoms with Crippen molar-refractivity contribution in [1.82, 2.24) is 0 Å². The molecule has 0 aliphatic heterocycles. The van der Waals surface area contributed by atoms with Gasteiger partial charge in [-0.3, -0.25) is 0 Å². The molecule has 0 nitrogen and oxygen atoms in total. The summed E-state index contributed by atoms with van der Waals surface area (Å²) in [6.07, 6.45) is 0. The Morgan fingerprint density at radius 1 is 0.500 bits per heavy atom. The van der Waals surface area contributed by atoms with Crippen molar-refractivity contribution in [2.45, 2.75) is 39.5 Å². The lowest BCUT2D eigenvalue weighted by atomic mass is 9.88. The molecule has 0 aromatic heterocycles. The highest BCUT2D eigenvalue weighted by Crippen LogP contribution is 2.37. The van der Waals surface area contributed by atoms with Crippen LogP contribution in [-0.4, -0.2) is 0 Å². The van der Waals surface area contributed by atoms with E-state index >= 15 is 0 Å². The topological polar surface area (TPSA) is 0 Å². The highest BCUT2D eigenvalue weighted by molar-refractivity contribution is 6.23. The zero-order chi connectivity index (χ0) is 15.4. The molecule has 0 amide bonds. The molecule has 0 radical (unpaired) electrons. The second-order valence-electron chi connectivity index (χ2n) is 7.12. The standard InChI is InChI=1S/C22H22/c1-13(2)19-9-15-5-7-17-11-20(14(3)4)12-18-8-6-16(10-19)21(15)22(17)18/h5-14H,1-4H3. The molecular formula is C22H22. The molecule has 0 heterocycles. The molecule has 22 heavy (non-hydrogen) atoms. The van der Waals surface area contributed by atoms with Crippen LogP contribution in [0, 0.1) is 0 Å². The average molecular weight is 286 g/mol. The van der Waals surface area contributed by atoms with Gasteiger partial charge in [-0.2, -0.15) is 0 Å². The minimum absolute atomic E-state index is 0.564. The zero-order valence-electron chi connectivity index (χ0n) is 13.8. The van der Waals surface area contributed by atoms with Crippen LogP contribution in [0.25, 0.3) is 32.3 Å². The van der Waals surface area contributed by atoms with Gasteiger partial charge in [-0.1, -0.05) is 76.2 Å². The third kappa shape index (κ3) is 1.90. The van der Waals surface area contributed by atoms with E-state index in [-0.39, 0.29) is 0 Å². The third-order valence-electron chi connectivity index (χ3n) is 4.91. The van der Waals surface area contributed by atoms with Gasteiger partial charge >= 0.3 is 0 Å². The molecule has 0 aliphatic rings. The predicted molar refractivity (Wildman–Crippen MR) is 98.3 cm³/mol. The molecule has 0 bridgehead atoms. The summed E-state index contributed by atoms with van der Waals surface area (Å²) in [6, 6.07) is 18.6. The fourth-order valence-corrected chi connectivity index (χ4v) is 3.55. The Hall–Kier alpha value is -2.08. The van der Waals surface area contributed by atoms with E-state index in [0.717, 1.165) is 0 Å². The maximum Gasteiger partial charge on any atom is -0.00266 e. The SMILES string of the molecule is CC(C)c1cc2ccc3cc(C(C)C)cc4ccc(c1)c2c34. The first-order valence-electron chi connectivity index (χ1n) is 8.27. The summed E-state index contributed by atoms with van der Waals surface area (Å²) < 4.78 is 0. The van der Waals surface area contributed by atoms with E-state index in [9.17, 15) is 0 Å². The van der Waals surface area contributed by atoms with Crippen molar-refractivity contribution in [3.8, 4) is 0 Å². The normalized spacial score (nSPS) is 12.5.